The van der Waals surface area contributed by atoms with E-state index in [2.05, 4.69) is 47.6 Å². The van der Waals surface area contributed by atoms with E-state index in [1.807, 2.05) is 14.1 Å². The van der Waals surface area contributed by atoms with Gasteiger partial charge in [-0.15, -0.1) is 0 Å². The average Bonchev–Trinajstić information content (AvgIpc) is 2.78. The van der Waals surface area contributed by atoms with Crippen LogP contribution in [-0.4, -0.2) is 42.1 Å². The molecule has 0 aliphatic carbocycles. The Labute approximate surface area is 126 Å². The highest BCUT2D eigenvalue weighted by atomic mass is 16.3. The van der Waals surface area contributed by atoms with Crippen molar-refractivity contribution in [3.8, 4) is 0 Å². The molecule has 116 valence electrons. The van der Waals surface area contributed by atoms with Crippen LogP contribution in [0.4, 0.5) is 5.69 Å². The minimum atomic E-state index is -0.124. The molecule has 0 atom stereocenters. The van der Waals surface area contributed by atoms with Crippen molar-refractivity contribution in [3.63, 3.8) is 0 Å². The fourth-order valence-corrected chi connectivity index (χ4v) is 2.85. The summed E-state index contributed by atoms with van der Waals surface area (Å²) in [6.07, 6.45) is 0.704. The molecule has 0 saturated carbocycles. The van der Waals surface area contributed by atoms with Crippen LogP contribution in [0.1, 0.15) is 26.0 Å². The maximum absolute atomic E-state index is 9.38. The minimum absolute atomic E-state index is 0.113. The molecule has 0 unspecified atom stereocenters. The zero-order chi connectivity index (χ0) is 15.6. The van der Waals surface area contributed by atoms with E-state index in [4.69, 9.17) is 0 Å². The highest BCUT2D eigenvalue weighted by molar-refractivity contribution is 5.85. The summed E-state index contributed by atoms with van der Waals surface area (Å²) in [6.45, 7) is 5.13. The third-order valence-corrected chi connectivity index (χ3v) is 4.16. The Bertz CT molecular complexity index is 615. The van der Waals surface area contributed by atoms with Crippen LogP contribution >= 0.6 is 0 Å². The van der Waals surface area contributed by atoms with Crippen LogP contribution in [-0.2, 0) is 12.0 Å². The van der Waals surface area contributed by atoms with E-state index in [1.54, 1.807) is 0 Å². The smallest absolute Gasteiger partial charge is 0.0610 e. The lowest BCUT2D eigenvalue weighted by molar-refractivity contribution is 0.242. The van der Waals surface area contributed by atoms with Crippen molar-refractivity contribution in [1.29, 1.82) is 0 Å². The van der Waals surface area contributed by atoms with Crippen molar-refractivity contribution in [2.75, 3.05) is 32.2 Å². The Morgan fingerprint density at radius 2 is 1.81 bits per heavy atom. The molecule has 2 aromatic rings. The Hall–Kier alpha value is -1.52. The fraction of sp³-hybridized carbons (Fsp3) is 0.529. The van der Waals surface area contributed by atoms with Gasteiger partial charge >= 0.3 is 0 Å². The number of nitrogens with zero attached hydrogens (tertiary/aromatic N) is 2. The van der Waals surface area contributed by atoms with E-state index in [0.29, 0.717) is 13.0 Å². The summed E-state index contributed by atoms with van der Waals surface area (Å²) in [4.78, 5) is 2.08. The molecule has 2 N–H and O–H groups in total. The van der Waals surface area contributed by atoms with Crippen LogP contribution < -0.4 is 4.90 Å². The van der Waals surface area contributed by atoms with Crippen LogP contribution in [0.5, 0.6) is 0 Å². The molecule has 2 rings (SSSR count). The first-order valence-electron chi connectivity index (χ1n) is 7.43. The maximum atomic E-state index is 9.38. The number of hydrogen-bond acceptors (Lipinski definition) is 3. The topological polar surface area (TPSA) is 48.6 Å². The van der Waals surface area contributed by atoms with Gasteiger partial charge in [-0.1, -0.05) is 13.8 Å². The highest BCUT2D eigenvalue weighted by Crippen LogP contribution is 2.33. The Morgan fingerprint density at radius 1 is 1.10 bits per heavy atom. The molecule has 0 aliphatic heterocycles. The minimum Gasteiger partial charge on any atom is -0.396 e. The second-order valence-electron chi connectivity index (χ2n) is 6.40. The molecule has 0 radical (unpaired) electrons. The molecule has 0 spiro atoms. The van der Waals surface area contributed by atoms with Gasteiger partial charge < -0.3 is 19.7 Å². The number of hydrogen-bond donors (Lipinski definition) is 2. The van der Waals surface area contributed by atoms with Crippen LogP contribution in [0, 0.1) is 0 Å². The van der Waals surface area contributed by atoms with Crippen molar-refractivity contribution in [2.24, 2.45) is 0 Å². The number of aliphatic hydroxyl groups is 2. The number of aromatic nitrogens is 1. The first-order valence-corrected chi connectivity index (χ1v) is 7.43. The zero-order valence-electron chi connectivity index (χ0n) is 13.4. The van der Waals surface area contributed by atoms with Gasteiger partial charge in [-0.05, 0) is 30.7 Å². The molecule has 1 aromatic carbocycles. The van der Waals surface area contributed by atoms with Gasteiger partial charge in [0, 0.05) is 54.9 Å². The summed E-state index contributed by atoms with van der Waals surface area (Å²) in [5.41, 5.74) is 3.34. The van der Waals surface area contributed by atoms with E-state index in [0.717, 1.165) is 16.9 Å². The van der Waals surface area contributed by atoms with E-state index >= 15 is 0 Å². The summed E-state index contributed by atoms with van der Waals surface area (Å²) in [5, 5.41) is 19.9. The van der Waals surface area contributed by atoms with Gasteiger partial charge in [0.2, 0.25) is 0 Å². The molecule has 0 fully saturated rings. The van der Waals surface area contributed by atoms with Crippen molar-refractivity contribution in [1.82, 2.24) is 4.57 Å². The van der Waals surface area contributed by atoms with Crippen molar-refractivity contribution >= 4 is 16.6 Å². The summed E-state index contributed by atoms with van der Waals surface area (Å²) in [5.74, 6) is 0. The van der Waals surface area contributed by atoms with Crippen molar-refractivity contribution in [3.05, 3.63) is 30.0 Å². The molecule has 0 aliphatic rings. The van der Waals surface area contributed by atoms with Gasteiger partial charge in [0.1, 0.15) is 0 Å². The van der Waals surface area contributed by atoms with Gasteiger partial charge in [-0.3, -0.25) is 0 Å². The Kier molecular flexibility index (Phi) is 4.59. The first-order chi connectivity index (χ1) is 9.90. The van der Waals surface area contributed by atoms with E-state index < -0.39 is 0 Å². The fourth-order valence-electron chi connectivity index (χ4n) is 2.85. The van der Waals surface area contributed by atoms with Crippen LogP contribution in [0.15, 0.2) is 24.3 Å². The molecule has 0 amide bonds. The molecule has 0 bridgehead atoms. The number of fused-ring (bicyclic) bond motifs is 1. The first kappa shape index (κ1) is 15.9. The predicted molar refractivity (Wildman–Crippen MR) is 88.1 cm³/mol. The SMILES string of the molecule is CN(C)c1ccc2c(c1)cc(C(C)(C)CCO)n2CCO. The van der Waals surface area contributed by atoms with Crippen LogP contribution in [0.25, 0.3) is 10.9 Å². The molecule has 0 saturated heterocycles. The van der Waals surface area contributed by atoms with Gasteiger partial charge in [0.25, 0.3) is 0 Å². The lowest BCUT2D eigenvalue weighted by Gasteiger charge is -2.26. The summed E-state index contributed by atoms with van der Waals surface area (Å²) in [7, 11) is 4.06. The monoisotopic (exact) mass is 290 g/mol. The van der Waals surface area contributed by atoms with E-state index in [9.17, 15) is 10.2 Å². The molecular formula is C17H26N2O2. The maximum Gasteiger partial charge on any atom is 0.0610 e. The Morgan fingerprint density at radius 3 is 2.38 bits per heavy atom. The van der Waals surface area contributed by atoms with E-state index in [1.165, 1.54) is 5.39 Å². The normalized spacial score (nSPS) is 12.1. The van der Waals surface area contributed by atoms with Crippen LogP contribution in [0.3, 0.4) is 0 Å². The van der Waals surface area contributed by atoms with Crippen molar-refractivity contribution in [2.45, 2.75) is 32.2 Å². The van der Waals surface area contributed by atoms with Gasteiger partial charge in [0.05, 0.1) is 6.61 Å². The van der Waals surface area contributed by atoms with Gasteiger partial charge in [0.15, 0.2) is 0 Å². The lowest BCUT2D eigenvalue weighted by atomic mass is 9.85. The molecule has 4 heteroatoms. The average molecular weight is 290 g/mol. The number of anilines is 1. The highest BCUT2D eigenvalue weighted by Gasteiger charge is 2.25. The molecule has 1 aromatic heterocycles. The summed E-state index contributed by atoms with van der Waals surface area (Å²) < 4.78 is 2.17. The quantitative estimate of drug-likeness (QED) is 0.858. The molecular weight excluding hydrogens is 264 g/mol. The van der Waals surface area contributed by atoms with Gasteiger partial charge in [-0.2, -0.15) is 0 Å². The third kappa shape index (κ3) is 3.06. The van der Waals surface area contributed by atoms with Gasteiger partial charge in [-0.25, -0.2) is 0 Å². The summed E-state index contributed by atoms with van der Waals surface area (Å²) in [6, 6.07) is 8.56. The number of rotatable bonds is 6. The molecule has 1 heterocycles. The van der Waals surface area contributed by atoms with E-state index in [-0.39, 0.29) is 18.6 Å². The lowest BCUT2D eigenvalue weighted by Crippen LogP contribution is -2.23. The number of aliphatic hydroxyl groups excluding tert-OH is 2. The number of benzene rings is 1. The Balaban J connectivity index is 2.61. The second kappa shape index (κ2) is 6.08. The molecule has 21 heavy (non-hydrogen) atoms. The summed E-state index contributed by atoms with van der Waals surface area (Å²) >= 11 is 0. The second-order valence-corrected chi connectivity index (χ2v) is 6.40. The zero-order valence-corrected chi connectivity index (χ0v) is 13.4. The van der Waals surface area contributed by atoms with Crippen LogP contribution in [0.2, 0.25) is 0 Å². The standard InChI is InChI=1S/C17H26N2O2/c1-17(2,7-9-20)16-12-13-11-14(18(3)4)5-6-15(13)19(16)8-10-21/h5-6,11-12,20-21H,7-10H2,1-4H3. The third-order valence-electron chi connectivity index (χ3n) is 4.16. The van der Waals surface area contributed by atoms with Crippen molar-refractivity contribution < 1.29 is 10.2 Å². The largest absolute Gasteiger partial charge is 0.396 e. The molecule has 4 nitrogen and oxygen atoms in total. The predicted octanol–water partition coefficient (Wildman–Crippen LogP) is 2.36.